The Labute approximate surface area is 154 Å². The Balaban J connectivity index is 2.04. The fraction of sp³-hybridized carbons (Fsp3) is 0.368. The van der Waals surface area contributed by atoms with E-state index in [-0.39, 0.29) is 9.79 Å². The van der Waals surface area contributed by atoms with Crippen LogP contribution >= 0.6 is 0 Å². The molecule has 0 aromatic heterocycles. The molecule has 1 fully saturated rings. The zero-order valence-corrected chi connectivity index (χ0v) is 15.9. The molecular formula is C19H24FN3O2S. The molecule has 2 aromatic rings. The summed E-state index contributed by atoms with van der Waals surface area (Å²) >= 11 is 0. The predicted octanol–water partition coefficient (Wildman–Crippen LogP) is 2.52. The van der Waals surface area contributed by atoms with Crippen LogP contribution in [0.3, 0.4) is 0 Å². The van der Waals surface area contributed by atoms with Gasteiger partial charge in [0.05, 0.1) is 15.5 Å². The summed E-state index contributed by atoms with van der Waals surface area (Å²) in [6.45, 7) is 3.70. The van der Waals surface area contributed by atoms with Crippen LogP contribution < -0.4 is 15.1 Å². The van der Waals surface area contributed by atoms with Crippen molar-refractivity contribution in [2.45, 2.75) is 16.2 Å². The van der Waals surface area contributed by atoms with Crippen LogP contribution in [0.15, 0.2) is 52.3 Å². The second-order valence-electron chi connectivity index (χ2n) is 6.60. The highest BCUT2D eigenvalue weighted by Crippen LogP contribution is 2.33. The van der Waals surface area contributed by atoms with Crippen molar-refractivity contribution in [2.75, 3.05) is 50.1 Å². The molecule has 0 atom stereocenters. The zero-order valence-electron chi connectivity index (χ0n) is 15.1. The first-order chi connectivity index (χ1) is 12.4. The summed E-state index contributed by atoms with van der Waals surface area (Å²) < 4.78 is 39.6. The molecule has 1 saturated heterocycles. The number of rotatable bonds is 4. The van der Waals surface area contributed by atoms with Crippen LogP contribution in [0.4, 0.5) is 15.8 Å². The molecule has 0 aliphatic carbocycles. The molecule has 1 aliphatic rings. The molecule has 5 nitrogen and oxygen atoms in total. The second kappa shape index (κ2) is 7.63. The molecule has 0 unspecified atom stereocenters. The van der Waals surface area contributed by atoms with Crippen LogP contribution in [0, 0.1) is 5.82 Å². The molecule has 3 rings (SSSR count). The van der Waals surface area contributed by atoms with Crippen LogP contribution in [0.5, 0.6) is 0 Å². The van der Waals surface area contributed by atoms with Gasteiger partial charge in [0, 0.05) is 39.4 Å². The van der Waals surface area contributed by atoms with Crippen molar-refractivity contribution in [1.82, 2.24) is 5.32 Å². The average molecular weight is 377 g/mol. The van der Waals surface area contributed by atoms with E-state index in [0.717, 1.165) is 44.4 Å². The maximum atomic E-state index is 13.5. The number of halogens is 1. The van der Waals surface area contributed by atoms with Crippen LogP contribution in [0.25, 0.3) is 0 Å². The van der Waals surface area contributed by atoms with Gasteiger partial charge in [0.15, 0.2) is 0 Å². The normalized spacial score (nSPS) is 15.6. The number of nitrogens with zero attached hydrogens (tertiary/aromatic N) is 2. The number of sulfone groups is 1. The van der Waals surface area contributed by atoms with E-state index < -0.39 is 15.7 Å². The Morgan fingerprint density at radius 3 is 2.62 bits per heavy atom. The molecule has 7 heteroatoms. The number of nitrogens with one attached hydrogen (secondary N) is 1. The predicted molar refractivity (Wildman–Crippen MR) is 102 cm³/mol. The molecule has 140 valence electrons. The van der Waals surface area contributed by atoms with Gasteiger partial charge in [-0.2, -0.15) is 0 Å². The van der Waals surface area contributed by atoms with Crippen LogP contribution in [0.2, 0.25) is 0 Å². The van der Waals surface area contributed by atoms with Gasteiger partial charge in [0.1, 0.15) is 5.82 Å². The molecule has 0 spiro atoms. The highest BCUT2D eigenvalue weighted by molar-refractivity contribution is 7.91. The SMILES string of the molecule is CN(C)c1cc(N2CCCNCC2)ccc1S(=O)(=O)c1cccc(F)c1. The van der Waals surface area contributed by atoms with Gasteiger partial charge in [-0.05, 0) is 49.4 Å². The van der Waals surface area contributed by atoms with Crippen molar-refractivity contribution >= 4 is 21.2 Å². The Morgan fingerprint density at radius 2 is 1.88 bits per heavy atom. The Hall–Kier alpha value is -2.12. The van der Waals surface area contributed by atoms with E-state index in [2.05, 4.69) is 10.2 Å². The first-order valence-corrected chi connectivity index (χ1v) is 10.2. The highest BCUT2D eigenvalue weighted by Gasteiger charge is 2.24. The van der Waals surface area contributed by atoms with Gasteiger partial charge in [-0.25, -0.2) is 12.8 Å². The van der Waals surface area contributed by atoms with E-state index in [9.17, 15) is 12.8 Å². The van der Waals surface area contributed by atoms with E-state index in [4.69, 9.17) is 0 Å². The summed E-state index contributed by atoms with van der Waals surface area (Å²) in [4.78, 5) is 4.19. The molecule has 1 heterocycles. The number of benzene rings is 2. The molecule has 0 amide bonds. The Bertz CT molecular complexity index is 876. The van der Waals surface area contributed by atoms with Crippen molar-refractivity contribution in [3.05, 3.63) is 48.3 Å². The topological polar surface area (TPSA) is 52.6 Å². The van der Waals surface area contributed by atoms with Crippen molar-refractivity contribution < 1.29 is 12.8 Å². The fourth-order valence-corrected chi connectivity index (χ4v) is 4.69. The zero-order chi connectivity index (χ0) is 18.7. The summed E-state index contributed by atoms with van der Waals surface area (Å²) in [5, 5.41) is 3.36. The van der Waals surface area contributed by atoms with E-state index >= 15 is 0 Å². The smallest absolute Gasteiger partial charge is 0.208 e. The largest absolute Gasteiger partial charge is 0.377 e. The van der Waals surface area contributed by atoms with Crippen molar-refractivity contribution in [3.63, 3.8) is 0 Å². The molecular weight excluding hydrogens is 353 g/mol. The quantitative estimate of drug-likeness (QED) is 0.887. The molecule has 2 aromatic carbocycles. The minimum atomic E-state index is -3.80. The van der Waals surface area contributed by atoms with Crippen LogP contribution in [-0.2, 0) is 9.84 Å². The van der Waals surface area contributed by atoms with Gasteiger partial charge in [0.2, 0.25) is 9.84 Å². The lowest BCUT2D eigenvalue weighted by atomic mass is 10.2. The third-order valence-electron chi connectivity index (χ3n) is 4.53. The Morgan fingerprint density at radius 1 is 1.08 bits per heavy atom. The maximum Gasteiger partial charge on any atom is 0.208 e. The summed E-state index contributed by atoms with van der Waals surface area (Å²) in [5.74, 6) is -0.564. The van der Waals surface area contributed by atoms with E-state index in [1.807, 2.05) is 26.2 Å². The molecule has 26 heavy (non-hydrogen) atoms. The summed E-state index contributed by atoms with van der Waals surface area (Å²) in [5.41, 5.74) is 1.60. The van der Waals surface area contributed by atoms with Crippen LogP contribution in [-0.4, -0.2) is 48.7 Å². The third kappa shape index (κ3) is 3.83. The Kier molecular flexibility index (Phi) is 5.48. The van der Waals surface area contributed by atoms with Gasteiger partial charge in [-0.1, -0.05) is 6.07 Å². The van der Waals surface area contributed by atoms with Gasteiger partial charge < -0.3 is 15.1 Å². The lowest BCUT2D eigenvalue weighted by molar-refractivity contribution is 0.591. The summed E-state index contributed by atoms with van der Waals surface area (Å²) in [6.07, 6.45) is 1.04. The van der Waals surface area contributed by atoms with E-state index in [1.165, 1.54) is 18.2 Å². The van der Waals surface area contributed by atoms with E-state index in [0.29, 0.717) is 5.69 Å². The number of hydrogen-bond donors (Lipinski definition) is 1. The molecule has 0 saturated carbocycles. The molecule has 1 aliphatic heterocycles. The minimum absolute atomic E-state index is 0.0349. The highest BCUT2D eigenvalue weighted by atomic mass is 32.2. The number of hydrogen-bond acceptors (Lipinski definition) is 5. The lowest BCUT2D eigenvalue weighted by Gasteiger charge is -2.25. The van der Waals surface area contributed by atoms with Crippen molar-refractivity contribution in [3.8, 4) is 0 Å². The van der Waals surface area contributed by atoms with Crippen LogP contribution in [0.1, 0.15) is 6.42 Å². The molecule has 0 bridgehead atoms. The van der Waals surface area contributed by atoms with Crippen molar-refractivity contribution in [2.24, 2.45) is 0 Å². The molecule has 1 N–H and O–H groups in total. The minimum Gasteiger partial charge on any atom is -0.377 e. The average Bonchev–Trinajstić information content (AvgIpc) is 2.90. The first-order valence-electron chi connectivity index (χ1n) is 8.67. The summed E-state index contributed by atoms with van der Waals surface area (Å²) in [6, 6.07) is 10.5. The van der Waals surface area contributed by atoms with E-state index in [1.54, 1.807) is 11.0 Å². The summed E-state index contributed by atoms with van der Waals surface area (Å²) in [7, 11) is -0.178. The number of anilines is 2. The fourth-order valence-electron chi connectivity index (χ4n) is 3.14. The second-order valence-corrected chi connectivity index (χ2v) is 8.52. The molecule has 0 radical (unpaired) electrons. The third-order valence-corrected chi connectivity index (χ3v) is 6.32. The van der Waals surface area contributed by atoms with Gasteiger partial charge >= 0.3 is 0 Å². The van der Waals surface area contributed by atoms with Gasteiger partial charge in [-0.3, -0.25) is 0 Å². The standard InChI is InChI=1S/C19H24FN3O2S/c1-22(2)18-14-16(23-11-4-9-21-10-12-23)7-8-19(18)26(24,25)17-6-3-5-15(20)13-17/h3,5-8,13-14,21H,4,9-12H2,1-2H3. The lowest BCUT2D eigenvalue weighted by Crippen LogP contribution is -2.28. The maximum absolute atomic E-state index is 13.5. The van der Waals surface area contributed by atoms with Gasteiger partial charge in [-0.15, -0.1) is 0 Å². The monoisotopic (exact) mass is 377 g/mol. The first kappa shape index (κ1) is 18.7. The van der Waals surface area contributed by atoms with Crippen molar-refractivity contribution in [1.29, 1.82) is 0 Å². The van der Waals surface area contributed by atoms with Gasteiger partial charge in [0.25, 0.3) is 0 Å².